The van der Waals surface area contributed by atoms with Crippen LogP contribution in [0.25, 0.3) is 0 Å². The minimum atomic E-state index is -4.40. The van der Waals surface area contributed by atoms with E-state index in [1.165, 1.54) is 19.1 Å². The van der Waals surface area contributed by atoms with Gasteiger partial charge >= 0.3 is 6.18 Å². The highest BCUT2D eigenvalue weighted by Crippen LogP contribution is 2.29. The highest BCUT2D eigenvalue weighted by atomic mass is 19.4. The number of piperazine rings is 1. The number of rotatable bonds is 5. The number of benzene rings is 2. The van der Waals surface area contributed by atoms with Crippen LogP contribution in [-0.2, 0) is 11.0 Å². The summed E-state index contributed by atoms with van der Waals surface area (Å²) in [6.45, 7) is 6.42. The number of nitrogens with one attached hydrogen (secondary N) is 2. The van der Waals surface area contributed by atoms with E-state index in [0.717, 1.165) is 48.9 Å². The number of Topliss-reactive ketones (excluding diaryl/α,β-unsaturated/α-hetero) is 1. The third-order valence-corrected chi connectivity index (χ3v) is 5.53. The normalized spacial score (nSPS) is 16.2. The standard InChI is InChI=1S/C22H24F3N3O2/c1-15(21(30)26-19-7-5-18(6-8-19)22(23,24)25)27-11-13-28(14-12-27)20-9-3-17(4-10-20)16(2)29/h3-10,15H,11-14H2,1-2H3,(H,26,30)/p+1/t15-/m0/s1. The smallest absolute Gasteiger partial charge is 0.360 e. The molecule has 1 fully saturated rings. The van der Waals surface area contributed by atoms with Gasteiger partial charge in [-0.3, -0.25) is 9.59 Å². The number of carbonyl (C=O) groups is 2. The molecule has 160 valence electrons. The van der Waals surface area contributed by atoms with Gasteiger partial charge in [-0.1, -0.05) is 0 Å². The summed E-state index contributed by atoms with van der Waals surface area (Å²) in [5.41, 5.74) is 1.33. The zero-order valence-electron chi connectivity index (χ0n) is 16.9. The van der Waals surface area contributed by atoms with Gasteiger partial charge in [0.1, 0.15) is 0 Å². The lowest BCUT2D eigenvalue weighted by atomic mass is 10.1. The summed E-state index contributed by atoms with van der Waals surface area (Å²) in [7, 11) is 0. The quantitative estimate of drug-likeness (QED) is 0.732. The number of carbonyl (C=O) groups excluding carboxylic acids is 2. The summed E-state index contributed by atoms with van der Waals surface area (Å²) in [5, 5.41) is 2.70. The van der Waals surface area contributed by atoms with Crippen molar-refractivity contribution in [3.05, 3.63) is 59.7 Å². The number of alkyl halides is 3. The molecular formula is C22H25F3N3O2+. The van der Waals surface area contributed by atoms with E-state index in [-0.39, 0.29) is 17.7 Å². The van der Waals surface area contributed by atoms with E-state index in [9.17, 15) is 22.8 Å². The second-order valence-corrected chi connectivity index (χ2v) is 7.53. The maximum absolute atomic E-state index is 12.7. The van der Waals surface area contributed by atoms with Gasteiger partial charge in [0.05, 0.1) is 31.7 Å². The summed E-state index contributed by atoms with van der Waals surface area (Å²) < 4.78 is 38.0. The number of halogens is 3. The molecule has 3 rings (SSSR count). The van der Waals surface area contributed by atoms with Gasteiger partial charge in [-0.2, -0.15) is 13.2 Å². The predicted octanol–water partition coefficient (Wildman–Crippen LogP) is 2.64. The van der Waals surface area contributed by atoms with Gasteiger partial charge in [-0.05, 0) is 62.4 Å². The summed E-state index contributed by atoms with van der Waals surface area (Å²) >= 11 is 0. The van der Waals surface area contributed by atoms with Crippen molar-refractivity contribution in [3.63, 3.8) is 0 Å². The first kappa shape index (κ1) is 21.8. The van der Waals surface area contributed by atoms with Crippen molar-refractivity contribution in [3.8, 4) is 0 Å². The molecule has 2 aromatic carbocycles. The van der Waals surface area contributed by atoms with Crippen LogP contribution in [0.1, 0.15) is 29.8 Å². The first-order valence-electron chi connectivity index (χ1n) is 9.84. The molecule has 1 saturated heterocycles. The van der Waals surface area contributed by atoms with Crippen LogP contribution in [0.4, 0.5) is 24.5 Å². The molecule has 30 heavy (non-hydrogen) atoms. The molecule has 1 amide bonds. The van der Waals surface area contributed by atoms with E-state index in [1.54, 1.807) is 0 Å². The fourth-order valence-electron chi connectivity index (χ4n) is 3.57. The van der Waals surface area contributed by atoms with Gasteiger partial charge in [-0.25, -0.2) is 0 Å². The predicted molar refractivity (Wildman–Crippen MR) is 109 cm³/mol. The molecular weight excluding hydrogens is 395 g/mol. The Labute approximate surface area is 173 Å². The van der Waals surface area contributed by atoms with Crippen molar-refractivity contribution in [1.82, 2.24) is 0 Å². The van der Waals surface area contributed by atoms with Gasteiger partial charge < -0.3 is 15.1 Å². The molecule has 0 bridgehead atoms. The van der Waals surface area contributed by atoms with Crippen LogP contribution in [0.5, 0.6) is 0 Å². The maximum Gasteiger partial charge on any atom is 0.416 e. The molecule has 0 unspecified atom stereocenters. The Morgan fingerprint density at radius 3 is 2.07 bits per heavy atom. The van der Waals surface area contributed by atoms with E-state index in [4.69, 9.17) is 0 Å². The largest absolute Gasteiger partial charge is 0.416 e. The molecule has 8 heteroatoms. The van der Waals surface area contributed by atoms with Crippen molar-refractivity contribution < 1.29 is 27.7 Å². The van der Waals surface area contributed by atoms with Gasteiger partial charge in [0, 0.05) is 16.9 Å². The Morgan fingerprint density at radius 1 is 1.00 bits per heavy atom. The summed E-state index contributed by atoms with van der Waals surface area (Å²) in [4.78, 5) is 27.3. The molecule has 1 aliphatic rings. The Balaban J connectivity index is 1.53. The van der Waals surface area contributed by atoms with Crippen LogP contribution in [0, 0.1) is 0 Å². The number of anilines is 2. The van der Waals surface area contributed by atoms with Gasteiger partial charge in [0.15, 0.2) is 11.8 Å². The molecule has 5 nitrogen and oxygen atoms in total. The Hall–Kier alpha value is -2.87. The van der Waals surface area contributed by atoms with Gasteiger partial charge in [0.25, 0.3) is 5.91 Å². The van der Waals surface area contributed by atoms with E-state index in [0.29, 0.717) is 11.3 Å². The van der Waals surface area contributed by atoms with Crippen molar-refractivity contribution in [2.45, 2.75) is 26.1 Å². The lowest BCUT2D eigenvalue weighted by Crippen LogP contribution is -3.19. The summed E-state index contributed by atoms with van der Waals surface area (Å²) in [5.74, 6) is -0.187. The Kier molecular flexibility index (Phi) is 6.45. The monoisotopic (exact) mass is 420 g/mol. The van der Waals surface area contributed by atoms with Crippen molar-refractivity contribution in [1.29, 1.82) is 0 Å². The second-order valence-electron chi connectivity index (χ2n) is 7.53. The number of amides is 1. The molecule has 1 heterocycles. The minimum absolute atomic E-state index is 0.0312. The van der Waals surface area contributed by atoms with Crippen LogP contribution in [0.15, 0.2) is 48.5 Å². The number of hydrogen-bond donors (Lipinski definition) is 2. The van der Waals surface area contributed by atoms with Crippen molar-refractivity contribution >= 4 is 23.1 Å². The third-order valence-electron chi connectivity index (χ3n) is 5.53. The fourth-order valence-corrected chi connectivity index (χ4v) is 3.57. The topological polar surface area (TPSA) is 53.9 Å². The Morgan fingerprint density at radius 2 is 1.57 bits per heavy atom. The van der Waals surface area contributed by atoms with Crippen LogP contribution in [0.3, 0.4) is 0 Å². The number of hydrogen-bond acceptors (Lipinski definition) is 3. The molecule has 0 radical (unpaired) electrons. The SMILES string of the molecule is CC(=O)c1ccc(N2CC[NH+]([C@@H](C)C(=O)Nc3ccc(C(F)(F)F)cc3)CC2)cc1. The lowest BCUT2D eigenvalue weighted by molar-refractivity contribution is -0.914. The van der Waals surface area contributed by atoms with E-state index >= 15 is 0 Å². The van der Waals surface area contributed by atoms with Crippen molar-refractivity contribution in [2.75, 3.05) is 36.4 Å². The van der Waals surface area contributed by atoms with E-state index < -0.39 is 11.7 Å². The summed E-state index contributed by atoms with van der Waals surface area (Å²) in [6.07, 6.45) is -4.40. The molecule has 1 atom stereocenters. The zero-order valence-corrected chi connectivity index (χ0v) is 16.9. The minimum Gasteiger partial charge on any atom is -0.360 e. The molecule has 0 saturated carbocycles. The average molecular weight is 420 g/mol. The highest BCUT2D eigenvalue weighted by molar-refractivity contribution is 5.94. The van der Waals surface area contributed by atoms with E-state index in [2.05, 4.69) is 10.2 Å². The third kappa shape index (κ3) is 5.18. The maximum atomic E-state index is 12.7. The average Bonchev–Trinajstić information content (AvgIpc) is 2.73. The number of ketones is 1. The van der Waals surface area contributed by atoms with Crippen molar-refractivity contribution in [2.24, 2.45) is 0 Å². The molecule has 2 aromatic rings. The molecule has 1 aliphatic heterocycles. The summed E-state index contributed by atoms with van der Waals surface area (Å²) in [6, 6.07) is 11.6. The number of quaternary nitrogens is 1. The van der Waals surface area contributed by atoms with Crippen LogP contribution in [-0.4, -0.2) is 43.9 Å². The molecule has 0 spiro atoms. The first-order chi connectivity index (χ1) is 14.1. The highest BCUT2D eigenvalue weighted by Gasteiger charge is 2.31. The van der Waals surface area contributed by atoms with Crippen LogP contribution in [0.2, 0.25) is 0 Å². The number of nitrogens with zero attached hydrogens (tertiary/aromatic N) is 1. The zero-order chi connectivity index (χ0) is 21.9. The van der Waals surface area contributed by atoms with E-state index in [1.807, 2.05) is 31.2 Å². The Bertz CT molecular complexity index is 887. The second kappa shape index (κ2) is 8.87. The first-order valence-corrected chi connectivity index (χ1v) is 9.84. The molecule has 0 aliphatic carbocycles. The molecule has 2 N–H and O–H groups in total. The van der Waals surface area contributed by atoms with Gasteiger partial charge in [0.2, 0.25) is 0 Å². The van der Waals surface area contributed by atoms with Crippen LogP contribution < -0.4 is 15.1 Å². The van der Waals surface area contributed by atoms with Gasteiger partial charge in [-0.15, -0.1) is 0 Å². The lowest BCUT2D eigenvalue weighted by Gasteiger charge is -2.36. The fraction of sp³-hybridized carbons (Fsp3) is 0.364. The van der Waals surface area contributed by atoms with Crippen LogP contribution >= 0.6 is 0 Å². The molecule has 0 aromatic heterocycles.